The van der Waals surface area contributed by atoms with Crippen LogP contribution in [0.15, 0.2) is 285 Å². The molecule has 0 aliphatic heterocycles. The zero-order chi connectivity index (χ0) is 54.1. The Kier molecular flexibility index (Phi) is 13.9. The van der Waals surface area contributed by atoms with E-state index in [2.05, 4.69) is 333 Å². The number of hydrogen-bond acceptors (Lipinski definition) is 2. The van der Waals surface area contributed by atoms with Crippen LogP contribution < -0.4 is 10.2 Å². The van der Waals surface area contributed by atoms with Crippen molar-refractivity contribution in [1.82, 2.24) is 0 Å². The molecule has 1 aliphatic carbocycles. The van der Waals surface area contributed by atoms with Crippen molar-refractivity contribution in [3.05, 3.63) is 313 Å². The minimum atomic E-state index is -1.40. The zero-order valence-corrected chi connectivity index (χ0v) is 47.5. The number of nitrogens with zero attached hydrogens (tertiary/aromatic N) is 1. The first-order chi connectivity index (χ1) is 38.5. The summed E-state index contributed by atoms with van der Waals surface area (Å²) in [4.78, 5) is 2.51. The van der Waals surface area contributed by atoms with Gasteiger partial charge in [0, 0.05) is 28.8 Å². The van der Waals surface area contributed by atoms with Crippen molar-refractivity contribution in [2.24, 2.45) is 0 Å². The van der Waals surface area contributed by atoms with Gasteiger partial charge in [-0.3, -0.25) is 0 Å². The number of anilines is 4. The van der Waals surface area contributed by atoms with Gasteiger partial charge in [-0.2, -0.15) is 0 Å². The van der Waals surface area contributed by atoms with Gasteiger partial charge in [0.1, 0.15) is 0 Å². The molecule has 0 atom stereocenters. The molecular weight excluding hydrogens is 993 g/mol. The van der Waals surface area contributed by atoms with Crippen molar-refractivity contribution in [2.75, 3.05) is 47.8 Å². The first-order valence-electron chi connectivity index (χ1n) is 27.1. The molecule has 1 N–H and O–H groups in total. The van der Waals surface area contributed by atoms with Crippen LogP contribution in [0.1, 0.15) is 27.8 Å². The molecule has 11 aromatic carbocycles. The van der Waals surface area contributed by atoms with E-state index in [0.29, 0.717) is 0 Å². The largest absolute Gasteiger partial charge is 0.362 e. The number of allylic oxidation sites excluding steroid dienone is 4. The molecule has 0 unspecified atom stereocenters. The molecule has 0 heterocycles. The number of rotatable bonds is 14. The molecule has 12 rings (SSSR count). The molecule has 4 heteroatoms. The van der Waals surface area contributed by atoms with E-state index < -0.39 is 20.1 Å². The van der Waals surface area contributed by atoms with Crippen LogP contribution in [0.3, 0.4) is 0 Å². The maximum absolute atomic E-state index is 3.76. The second kappa shape index (κ2) is 21.4. The first-order valence-corrected chi connectivity index (χ1v) is 32.8. The van der Waals surface area contributed by atoms with Crippen LogP contribution >= 0.6 is 20.1 Å². The molecule has 0 aromatic heterocycles. The fourth-order valence-electron chi connectivity index (χ4n) is 12.5. The number of nitrogens with one attached hydrogen (secondary N) is 1. The van der Waals surface area contributed by atoms with Gasteiger partial charge in [0.25, 0.3) is 0 Å². The highest BCUT2D eigenvalue weighted by atomic mass is 32.3. The van der Waals surface area contributed by atoms with Crippen molar-refractivity contribution < 1.29 is 0 Å². The maximum atomic E-state index is 3.76. The Morgan fingerprint density at radius 3 is 1.54 bits per heavy atom. The van der Waals surface area contributed by atoms with E-state index in [-0.39, 0.29) is 4.08 Å². The summed E-state index contributed by atoms with van der Waals surface area (Å²) in [5, 5.41) is 8.93. The number of benzene rings is 11. The van der Waals surface area contributed by atoms with Gasteiger partial charge in [-0.1, -0.05) is 231 Å². The second-order valence-electron chi connectivity index (χ2n) is 22.0. The monoisotopic (exact) mass is 1060 g/mol. The van der Waals surface area contributed by atoms with Crippen LogP contribution in [-0.4, -0.2) is 37.5 Å². The van der Waals surface area contributed by atoms with Gasteiger partial charge in [-0.15, -0.1) is 0 Å². The lowest BCUT2D eigenvalue weighted by Crippen LogP contribution is -2.36. The predicted molar refractivity (Wildman–Crippen MR) is 351 cm³/mol. The average Bonchev–Trinajstić information content (AvgIpc) is 2.32. The lowest BCUT2D eigenvalue weighted by atomic mass is 9.91. The highest BCUT2D eigenvalue weighted by Crippen LogP contribution is 2.81. The van der Waals surface area contributed by atoms with Gasteiger partial charge in [0.05, 0.1) is 9.77 Å². The van der Waals surface area contributed by atoms with Gasteiger partial charge < -0.3 is 10.2 Å². The Balaban J connectivity index is 1.02. The number of fused-ring (bicyclic) bond motifs is 8. The van der Waals surface area contributed by atoms with Crippen molar-refractivity contribution in [1.29, 1.82) is 0 Å². The van der Waals surface area contributed by atoms with E-state index in [4.69, 9.17) is 0 Å². The SMILES string of the molecule is CS(C)(C)C1(S(C)(C)C)c2cc(N(c3ccccc3)c3cc(-c4ccccc4)ccc3-c3ccccc3)ccc2-c2c1c1ccc(N/C=C/C(=C\C=C(c3ccccc3)c3ccccc3)c3ccccc3)cc1c1ccccc21. The Bertz CT molecular complexity index is 4020. The minimum Gasteiger partial charge on any atom is -0.362 e. The van der Waals surface area contributed by atoms with Crippen molar-refractivity contribution in [3.63, 3.8) is 0 Å². The van der Waals surface area contributed by atoms with E-state index in [1.165, 1.54) is 82.8 Å². The second-order valence-corrected chi connectivity index (χ2v) is 30.8. The van der Waals surface area contributed by atoms with Gasteiger partial charge in [-0.25, -0.2) is 20.1 Å². The molecule has 0 bridgehead atoms. The number of para-hydroxylation sites is 1. The van der Waals surface area contributed by atoms with Crippen LogP contribution in [0.4, 0.5) is 22.7 Å². The lowest BCUT2D eigenvalue weighted by Gasteiger charge is -2.59. The van der Waals surface area contributed by atoms with Crippen LogP contribution in [0.2, 0.25) is 0 Å². The molecule has 0 amide bonds. The summed E-state index contributed by atoms with van der Waals surface area (Å²) in [6, 6.07) is 95.3. The molecule has 0 radical (unpaired) electrons. The van der Waals surface area contributed by atoms with Crippen LogP contribution in [0, 0.1) is 0 Å². The Morgan fingerprint density at radius 2 is 0.937 bits per heavy atom. The van der Waals surface area contributed by atoms with Gasteiger partial charge in [-0.05, 0) is 174 Å². The third kappa shape index (κ3) is 9.49. The summed E-state index contributed by atoms with van der Waals surface area (Å²) in [7, 11) is -2.80. The summed E-state index contributed by atoms with van der Waals surface area (Å²) in [6.45, 7) is 0. The third-order valence-corrected chi connectivity index (χ3v) is 22.9. The van der Waals surface area contributed by atoms with Crippen molar-refractivity contribution >= 4 is 75.5 Å². The van der Waals surface area contributed by atoms with E-state index in [0.717, 1.165) is 33.9 Å². The Labute approximate surface area is 470 Å². The summed E-state index contributed by atoms with van der Waals surface area (Å²) in [6.07, 6.45) is 24.2. The molecule has 0 saturated heterocycles. The fourth-order valence-corrected chi connectivity index (χ4v) is 21.8. The third-order valence-electron chi connectivity index (χ3n) is 15.6. The minimum absolute atomic E-state index is 0.268. The molecule has 0 fully saturated rings. The van der Waals surface area contributed by atoms with Crippen molar-refractivity contribution in [3.8, 4) is 33.4 Å². The molecular formula is C75H66N2S2. The Morgan fingerprint density at radius 1 is 0.405 bits per heavy atom. The molecule has 0 saturated carbocycles. The van der Waals surface area contributed by atoms with Crippen LogP contribution in [0.5, 0.6) is 0 Å². The van der Waals surface area contributed by atoms with Gasteiger partial charge in [0.2, 0.25) is 0 Å². The average molecular weight is 1060 g/mol. The predicted octanol–water partition coefficient (Wildman–Crippen LogP) is 20.5. The fraction of sp³-hybridized carbons (Fsp3) is 0.0933. The molecule has 79 heavy (non-hydrogen) atoms. The van der Waals surface area contributed by atoms with Gasteiger partial charge in [0.15, 0.2) is 0 Å². The smallest absolute Gasteiger partial charge is 0.0818 e. The van der Waals surface area contributed by atoms with E-state index in [1.54, 1.807) is 0 Å². The topological polar surface area (TPSA) is 15.3 Å². The molecule has 11 aromatic rings. The Hall–Kier alpha value is -8.54. The molecule has 0 spiro atoms. The van der Waals surface area contributed by atoms with E-state index in [9.17, 15) is 0 Å². The normalized spacial score (nSPS) is 13.5. The molecule has 2 nitrogen and oxygen atoms in total. The van der Waals surface area contributed by atoms with E-state index in [1.807, 2.05) is 0 Å². The highest BCUT2D eigenvalue weighted by Gasteiger charge is 2.56. The highest BCUT2D eigenvalue weighted by molar-refractivity contribution is 8.48. The lowest BCUT2D eigenvalue weighted by molar-refractivity contribution is 1.10. The summed E-state index contributed by atoms with van der Waals surface area (Å²) < 4.78 is -0.268. The number of hydrogen-bond donors (Lipinski definition) is 1. The quantitative estimate of drug-likeness (QED) is 0.0862. The van der Waals surface area contributed by atoms with E-state index >= 15 is 0 Å². The van der Waals surface area contributed by atoms with Crippen molar-refractivity contribution in [2.45, 2.75) is 4.08 Å². The molecule has 1 aliphatic rings. The zero-order valence-electron chi connectivity index (χ0n) is 45.9. The van der Waals surface area contributed by atoms with Gasteiger partial charge >= 0.3 is 0 Å². The maximum Gasteiger partial charge on any atom is 0.0818 e. The summed E-state index contributed by atoms with van der Waals surface area (Å²) in [5.74, 6) is 0. The van der Waals surface area contributed by atoms with Crippen LogP contribution in [0.25, 0.3) is 66.1 Å². The summed E-state index contributed by atoms with van der Waals surface area (Å²) in [5.41, 5.74) is 20.6. The first kappa shape index (κ1) is 51.2. The molecule has 388 valence electrons. The standard InChI is InChI=1S/C75H66N2S2/c1-78(2,3)75(79(4,5)6)71-53-63(77(62-37-23-12-24-38-62)72-51-60(55-29-15-8-16-30-55)42-46-65(72)59-35-21-11-22-36-59)44-48-69(71)73-67-40-26-25-39-66(67)70-52-61(43-47-68(70)74(73)75)76-50-49-56(54-27-13-7-14-28-54)41-45-64(57-31-17-9-18-32-57)58-33-19-10-20-34-58/h7-53,76H,1-6H3/b50-49+,56-41+. The van der Waals surface area contributed by atoms with Crippen LogP contribution in [-0.2, 0) is 4.08 Å². The summed E-state index contributed by atoms with van der Waals surface area (Å²) >= 11 is 0.